The summed E-state index contributed by atoms with van der Waals surface area (Å²) in [5.41, 5.74) is 0.454. The van der Waals surface area contributed by atoms with Gasteiger partial charge in [-0.15, -0.1) is 0 Å². The van der Waals surface area contributed by atoms with E-state index >= 15 is 0 Å². The van der Waals surface area contributed by atoms with Gasteiger partial charge in [-0.1, -0.05) is 30.3 Å². The number of ether oxygens (including phenoxy) is 2. The minimum atomic E-state index is -0.509. The number of piperidine rings is 1. The Bertz CT molecular complexity index is 626. The lowest BCUT2D eigenvalue weighted by atomic mass is 9.83. The molecule has 1 aromatic carbocycles. The molecule has 2 aliphatic heterocycles. The average molecular weight is 346 g/mol. The lowest BCUT2D eigenvalue weighted by Gasteiger charge is -2.52. The summed E-state index contributed by atoms with van der Waals surface area (Å²) in [6, 6.07) is 9.65. The largest absolute Gasteiger partial charge is 0.445 e. The molecule has 0 aliphatic carbocycles. The van der Waals surface area contributed by atoms with Gasteiger partial charge < -0.3 is 19.3 Å². The molecular weight excluding hydrogens is 320 g/mol. The van der Waals surface area contributed by atoms with Crippen molar-refractivity contribution in [2.45, 2.75) is 45.4 Å². The van der Waals surface area contributed by atoms with Gasteiger partial charge in [-0.25, -0.2) is 9.59 Å². The van der Waals surface area contributed by atoms with Crippen LogP contribution in [0.15, 0.2) is 30.3 Å². The van der Waals surface area contributed by atoms with Crippen molar-refractivity contribution in [2.75, 3.05) is 19.6 Å². The van der Waals surface area contributed by atoms with E-state index in [1.54, 1.807) is 9.80 Å². The first-order valence-electron chi connectivity index (χ1n) is 8.79. The minimum Gasteiger partial charge on any atom is -0.445 e. The fraction of sp³-hybridized carbons (Fsp3) is 0.579. The van der Waals surface area contributed by atoms with Crippen LogP contribution < -0.4 is 0 Å². The van der Waals surface area contributed by atoms with Gasteiger partial charge in [-0.3, -0.25) is 0 Å². The Morgan fingerprint density at radius 2 is 1.84 bits per heavy atom. The van der Waals surface area contributed by atoms with Crippen LogP contribution in [0, 0.1) is 5.92 Å². The second-order valence-electron chi connectivity index (χ2n) is 7.74. The van der Waals surface area contributed by atoms with E-state index in [1.165, 1.54) is 0 Å². The molecule has 2 atom stereocenters. The van der Waals surface area contributed by atoms with E-state index in [0.29, 0.717) is 25.6 Å². The zero-order valence-corrected chi connectivity index (χ0v) is 15.1. The van der Waals surface area contributed by atoms with E-state index in [0.717, 1.165) is 12.0 Å². The Labute approximate surface area is 148 Å². The van der Waals surface area contributed by atoms with Crippen LogP contribution in [0.3, 0.4) is 0 Å². The molecule has 2 aliphatic rings. The van der Waals surface area contributed by atoms with Crippen molar-refractivity contribution in [3.05, 3.63) is 35.9 Å². The highest BCUT2D eigenvalue weighted by Crippen LogP contribution is 2.33. The maximum absolute atomic E-state index is 12.3. The second kappa shape index (κ2) is 6.94. The molecule has 0 radical (unpaired) electrons. The summed E-state index contributed by atoms with van der Waals surface area (Å²) < 4.78 is 10.8. The maximum Gasteiger partial charge on any atom is 0.410 e. The Hall–Kier alpha value is -2.24. The first-order valence-corrected chi connectivity index (χ1v) is 8.79. The molecule has 1 aromatic rings. The summed E-state index contributed by atoms with van der Waals surface area (Å²) in [4.78, 5) is 28.0. The molecule has 2 heterocycles. The standard InChI is InChI=1S/C19H26N2O4/c1-19(2,3)25-18(23)21-11-15-9-10-20(12-16(15)21)17(22)24-13-14-7-5-4-6-8-14/h4-8,15-16H,9-13H2,1-3H3/t15-,16-/m0/s1. The fourth-order valence-corrected chi connectivity index (χ4v) is 3.30. The van der Waals surface area contributed by atoms with Crippen LogP contribution in [0.25, 0.3) is 0 Å². The Kier molecular flexibility index (Phi) is 4.88. The average Bonchev–Trinajstić information content (AvgIpc) is 2.53. The Balaban J connectivity index is 1.52. The normalized spacial score (nSPS) is 22.7. The van der Waals surface area contributed by atoms with Crippen LogP contribution in [0.2, 0.25) is 0 Å². The van der Waals surface area contributed by atoms with Gasteiger partial charge in [-0.2, -0.15) is 0 Å². The van der Waals surface area contributed by atoms with Crippen LogP contribution in [0.5, 0.6) is 0 Å². The first kappa shape index (κ1) is 17.6. The number of carbonyl (C=O) groups excluding carboxylic acids is 2. The van der Waals surface area contributed by atoms with E-state index < -0.39 is 5.60 Å². The third-order valence-electron chi connectivity index (χ3n) is 4.64. The molecule has 136 valence electrons. The van der Waals surface area contributed by atoms with Gasteiger partial charge in [0.05, 0.1) is 6.04 Å². The van der Waals surface area contributed by atoms with Crippen LogP contribution in [0.4, 0.5) is 9.59 Å². The molecule has 0 unspecified atom stereocenters. The van der Waals surface area contributed by atoms with Gasteiger partial charge in [0.25, 0.3) is 0 Å². The van der Waals surface area contributed by atoms with Crippen LogP contribution in [0.1, 0.15) is 32.8 Å². The molecule has 0 saturated carbocycles. The molecule has 6 nitrogen and oxygen atoms in total. The molecule has 25 heavy (non-hydrogen) atoms. The van der Waals surface area contributed by atoms with Crippen LogP contribution in [-0.4, -0.2) is 53.3 Å². The van der Waals surface area contributed by atoms with Gasteiger partial charge in [-0.05, 0) is 32.8 Å². The first-order chi connectivity index (χ1) is 11.8. The van der Waals surface area contributed by atoms with Crippen molar-refractivity contribution < 1.29 is 19.1 Å². The number of nitrogens with zero attached hydrogens (tertiary/aromatic N) is 2. The van der Waals surface area contributed by atoms with Gasteiger partial charge in [0.15, 0.2) is 0 Å². The number of amides is 2. The van der Waals surface area contributed by atoms with Crippen molar-refractivity contribution >= 4 is 12.2 Å². The molecule has 0 N–H and O–H groups in total. The van der Waals surface area contributed by atoms with Crippen molar-refractivity contribution in [1.82, 2.24) is 9.80 Å². The SMILES string of the molecule is CC(C)(C)OC(=O)N1C[C@@H]2CCN(C(=O)OCc3ccccc3)C[C@@H]21. The molecule has 2 fully saturated rings. The molecule has 0 spiro atoms. The van der Waals surface area contributed by atoms with Crippen LogP contribution >= 0.6 is 0 Å². The lowest BCUT2D eigenvalue weighted by molar-refractivity contribution is -0.0575. The lowest BCUT2D eigenvalue weighted by Crippen LogP contribution is -2.66. The second-order valence-corrected chi connectivity index (χ2v) is 7.74. The molecule has 0 aromatic heterocycles. The number of likely N-dealkylation sites (tertiary alicyclic amines) is 2. The summed E-state index contributed by atoms with van der Waals surface area (Å²) in [6.45, 7) is 7.74. The molecular formula is C19H26N2O4. The van der Waals surface area contributed by atoms with E-state index in [4.69, 9.17) is 9.47 Å². The minimum absolute atomic E-state index is 0.0351. The Morgan fingerprint density at radius 3 is 2.52 bits per heavy atom. The third kappa shape index (κ3) is 4.24. The van der Waals surface area contributed by atoms with Crippen molar-refractivity contribution in [3.63, 3.8) is 0 Å². The molecule has 3 rings (SSSR count). The summed E-state index contributed by atoms with van der Waals surface area (Å²) in [6.07, 6.45) is 0.274. The highest BCUT2D eigenvalue weighted by molar-refractivity contribution is 5.71. The number of hydrogen-bond donors (Lipinski definition) is 0. The maximum atomic E-state index is 12.3. The third-order valence-corrected chi connectivity index (χ3v) is 4.64. The summed E-state index contributed by atoms with van der Waals surface area (Å²) >= 11 is 0. The number of benzene rings is 1. The van der Waals surface area contributed by atoms with E-state index in [2.05, 4.69) is 0 Å². The zero-order valence-electron chi connectivity index (χ0n) is 15.1. The van der Waals surface area contributed by atoms with Gasteiger partial charge in [0.1, 0.15) is 12.2 Å². The summed E-state index contributed by atoms with van der Waals surface area (Å²) in [5.74, 6) is 0.450. The number of carbonyl (C=O) groups is 2. The molecule has 2 saturated heterocycles. The molecule has 6 heteroatoms. The van der Waals surface area contributed by atoms with E-state index in [-0.39, 0.29) is 24.8 Å². The number of fused-ring (bicyclic) bond motifs is 1. The molecule has 2 amide bonds. The quantitative estimate of drug-likeness (QED) is 0.825. The van der Waals surface area contributed by atoms with Gasteiger partial charge in [0.2, 0.25) is 0 Å². The van der Waals surface area contributed by atoms with Gasteiger partial charge >= 0.3 is 12.2 Å². The van der Waals surface area contributed by atoms with Gasteiger partial charge in [0, 0.05) is 25.6 Å². The Morgan fingerprint density at radius 1 is 1.12 bits per heavy atom. The fourth-order valence-electron chi connectivity index (χ4n) is 3.30. The smallest absolute Gasteiger partial charge is 0.410 e. The highest BCUT2D eigenvalue weighted by atomic mass is 16.6. The predicted molar refractivity (Wildman–Crippen MR) is 93.0 cm³/mol. The topological polar surface area (TPSA) is 59.1 Å². The van der Waals surface area contributed by atoms with E-state index in [9.17, 15) is 9.59 Å². The highest BCUT2D eigenvalue weighted by Gasteiger charge is 2.47. The van der Waals surface area contributed by atoms with Crippen molar-refractivity contribution in [3.8, 4) is 0 Å². The predicted octanol–water partition coefficient (Wildman–Crippen LogP) is 3.26. The van der Waals surface area contributed by atoms with Crippen LogP contribution in [-0.2, 0) is 16.1 Å². The van der Waals surface area contributed by atoms with E-state index in [1.807, 2.05) is 51.1 Å². The van der Waals surface area contributed by atoms with Crippen molar-refractivity contribution in [2.24, 2.45) is 5.92 Å². The monoisotopic (exact) mass is 346 g/mol. The van der Waals surface area contributed by atoms with Crippen molar-refractivity contribution in [1.29, 1.82) is 0 Å². The summed E-state index contributed by atoms with van der Waals surface area (Å²) in [7, 11) is 0. The zero-order chi connectivity index (χ0) is 18.0. The molecule has 0 bridgehead atoms. The number of rotatable bonds is 2. The summed E-state index contributed by atoms with van der Waals surface area (Å²) in [5, 5.41) is 0. The number of hydrogen-bond acceptors (Lipinski definition) is 4.